The molecular weight excluding hydrogens is 362 g/mol. The molecule has 0 fully saturated rings. The number of benzene rings is 1. The standard InChI is InChI=1S/C24H25N3O2/c1-5-29-23(28)20-19-12-8-9-15-27(19)22(21(20)26-24(2,3)4)18-14-13-16-10-6-7-11-17(16)25-18/h6-15,26H,5H2,1-4H3. The monoisotopic (exact) mass is 387 g/mol. The molecule has 1 N–H and O–H groups in total. The lowest BCUT2D eigenvalue weighted by Crippen LogP contribution is -2.27. The minimum absolute atomic E-state index is 0.252. The molecule has 0 atom stereocenters. The molecule has 0 aliphatic rings. The lowest BCUT2D eigenvalue weighted by atomic mass is 10.1. The van der Waals surface area contributed by atoms with Gasteiger partial charge in [-0.15, -0.1) is 0 Å². The fourth-order valence-corrected chi connectivity index (χ4v) is 3.56. The minimum atomic E-state index is -0.338. The SMILES string of the molecule is CCOC(=O)c1c(NC(C)(C)C)c(-c2ccc3ccccc3n2)n2ccccc12. The van der Waals surface area contributed by atoms with Crippen molar-refractivity contribution in [1.29, 1.82) is 0 Å². The number of hydrogen-bond acceptors (Lipinski definition) is 4. The van der Waals surface area contributed by atoms with Crippen molar-refractivity contribution in [3.8, 4) is 11.4 Å². The molecule has 1 aromatic carbocycles. The van der Waals surface area contributed by atoms with Crippen LogP contribution in [0.4, 0.5) is 5.69 Å². The summed E-state index contributed by atoms with van der Waals surface area (Å²) in [4.78, 5) is 17.8. The van der Waals surface area contributed by atoms with E-state index in [4.69, 9.17) is 9.72 Å². The first-order valence-corrected chi connectivity index (χ1v) is 9.83. The van der Waals surface area contributed by atoms with Crippen molar-refractivity contribution in [2.45, 2.75) is 33.2 Å². The predicted molar refractivity (Wildman–Crippen MR) is 117 cm³/mol. The van der Waals surface area contributed by atoms with Crippen molar-refractivity contribution < 1.29 is 9.53 Å². The Hall–Kier alpha value is -3.34. The van der Waals surface area contributed by atoms with E-state index in [1.165, 1.54) is 0 Å². The zero-order chi connectivity index (χ0) is 20.6. The van der Waals surface area contributed by atoms with Gasteiger partial charge in [0.2, 0.25) is 0 Å². The van der Waals surface area contributed by atoms with Gasteiger partial charge in [-0.1, -0.05) is 30.3 Å². The van der Waals surface area contributed by atoms with Crippen LogP contribution in [0.15, 0.2) is 60.8 Å². The molecule has 0 saturated heterocycles. The van der Waals surface area contributed by atoms with Gasteiger partial charge in [0.05, 0.1) is 34.7 Å². The molecule has 0 radical (unpaired) electrons. The topological polar surface area (TPSA) is 55.6 Å². The van der Waals surface area contributed by atoms with Crippen LogP contribution in [-0.2, 0) is 4.74 Å². The number of aromatic nitrogens is 2. The molecule has 148 valence electrons. The first-order valence-electron chi connectivity index (χ1n) is 9.83. The number of hydrogen-bond donors (Lipinski definition) is 1. The van der Waals surface area contributed by atoms with Crippen LogP contribution < -0.4 is 5.32 Å². The van der Waals surface area contributed by atoms with Gasteiger partial charge in [-0.05, 0) is 52.0 Å². The molecule has 0 aliphatic heterocycles. The number of para-hydroxylation sites is 1. The fourth-order valence-electron chi connectivity index (χ4n) is 3.56. The van der Waals surface area contributed by atoms with E-state index in [9.17, 15) is 4.79 Å². The summed E-state index contributed by atoms with van der Waals surface area (Å²) in [6.45, 7) is 8.35. The number of carbonyl (C=O) groups is 1. The largest absolute Gasteiger partial charge is 0.462 e. The number of rotatable bonds is 4. The average molecular weight is 387 g/mol. The third-order valence-corrected chi connectivity index (χ3v) is 4.66. The van der Waals surface area contributed by atoms with Crippen LogP contribution in [0.25, 0.3) is 27.8 Å². The molecule has 5 nitrogen and oxygen atoms in total. The van der Waals surface area contributed by atoms with Crippen molar-refractivity contribution in [2.24, 2.45) is 0 Å². The zero-order valence-corrected chi connectivity index (χ0v) is 17.2. The van der Waals surface area contributed by atoms with Gasteiger partial charge in [-0.25, -0.2) is 9.78 Å². The third-order valence-electron chi connectivity index (χ3n) is 4.66. The van der Waals surface area contributed by atoms with Gasteiger partial charge in [0.25, 0.3) is 0 Å². The lowest BCUT2D eigenvalue weighted by Gasteiger charge is -2.23. The van der Waals surface area contributed by atoms with Gasteiger partial charge < -0.3 is 14.5 Å². The Morgan fingerprint density at radius 2 is 1.83 bits per heavy atom. The predicted octanol–water partition coefficient (Wildman–Crippen LogP) is 5.54. The van der Waals surface area contributed by atoms with E-state index in [1.54, 1.807) is 0 Å². The molecule has 3 aromatic heterocycles. The summed E-state index contributed by atoms with van der Waals surface area (Å²) in [7, 11) is 0. The first kappa shape index (κ1) is 19.0. The number of carbonyl (C=O) groups excluding carboxylic acids is 1. The van der Waals surface area contributed by atoms with Crippen LogP contribution in [0, 0.1) is 0 Å². The summed E-state index contributed by atoms with van der Waals surface area (Å²) in [5.74, 6) is -0.338. The van der Waals surface area contributed by atoms with Crippen LogP contribution in [-0.4, -0.2) is 27.5 Å². The molecule has 0 unspecified atom stereocenters. The summed E-state index contributed by atoms with van der Waals surface area (Å²) >= 11 is 0. The molecule has 29 heavy (non-hydrogen) atoms. The van der Waals surface area contributed by atoms with Gasteiger partial charge >= 0.3 is 5.97 Å². The second kappa shape index (κ2) is 7.24. The van der Waals surface area contributed by atoms with Gasteiger partial charge in [-0.2, -0.15) is 0 Å². The third kappa shape index (κ3) is 3.56. The Kier molecular flexibility index (Phi) is 4.74. The first-order chi connectivity index (χ1) is 13.9. The Balaban J connectivity index is 2.05. The summed E-state index contributed by atoms with van der Waals surface area (Å²) in [6, 6.07) is 17.9. The maximum Gasteiger partial charge on any atom is 0.342 e. The molecule has 4 rings (SSSR count). The van der Waals surface area contributed by atoms with Crippen LogP contribution >= 0.6 is 0 Å². The van der Waals surface area contributed by atoms with Crippen LogP contribution in [0.2, 0.25) is 0 Å². The molecule has 0 saturated carbocycles. The summed E-state index contributed by atoms with van der Waals surface area (Å²) in [6.07, 6.45) is 1.96. The van der Waals surface area contributed by atoms with E-state index in [-0.39, 0.29) is 11.5 Å². The molecule has 0 aliphatic carbocycles. The molecule has 0 amide bonds. The number of nitrogens with one attached hydrogen (secondary N) is 1. The zero-order valence-electron chi connectivity index (χ0n) is 17.2. The van der Waals surface area contributed by atoms with Crippen molar-refractivity contribution in [3.63, 3.8) is 0 Å². The summed E-state index contributed by atoms with van der Waals surface area (Å²) in [5.41, 5.74) is 4.38. The molecule has 5 heteroatoms. The molecule has 4 aromatic rings. The van der Waals surface area contributed by atoms with Gasteiger partial charge in [0.1, 0.15) is 5.56 Å². The van der Waals surface area contributed by atoms with Gasteiger partial charge in [0, 0.05) is 17.1 Å². The molecule has 3 heterocycles. The summed E-state index contributed by atoms with van der Waals surface area (Å²) in [5, 5.41) is 4.61. The average Bonchev–Trinajstić information content (AvgIpc) is 2.99. The Bertz CT molecular complexity index is 1200. The van der Waals surface area contributed by atoms with E-state index in [0.29, 0.717) is 12.2 Å². The van der Waals surface area contributed by atoms with Crippen LogP contribution in [0.3, 0.4) is 0 Å². The number of esters is 1. The number of pyridine rings is 2. The quantitative estimate of drug-likeness (QED) is 0.467. The van der Waals surface area contributed by atoms with Crippen molar-refractivity contribution in [2.75, 3.05) is 11.9 Å². The fraction of sp³-hybridized carbons (Fsp3) is 0.250. The number of fused-ring (bicyclic) bond motifs is 2. The van der Waals surface area contributed by atoms with Crippen molar-refractivity contribution in [3.05, 3.63) is 66.4 Å². The summed E-state index contributed by atoms with van der Waals surface area (Å²) < 4.78 is 7.41. The Labute approximate surface area is 170 Å². The maximum absolute atomic E-state index is 12.9. The normalized spacial score (nSPS) is 11.7. The second-order valence-corrected chi connectivity index (χ2v) is 8.04. The number of anilines is 1. The van der Waals surface area contributed by atoms with Crippen molar-refractivity contribution >= 4 is 28.1 Å². The molecule has 0 spiro atoms. The highest BCUT2D eigenvalue weighted by atomic mass is 16.5. The van der Waals surface area contributed by atoms with Crippen LogP contribution in [0.5, 0.6) is 0 Å². The maximum atomic E-state index is 12.9. The smallest absolute Gasteiger partial charge is 0.342 e. The van der Waals surface area contributed by atoms with E-state index in [0.717, 1.165) is 33.5 Å². The Morgan fingerprint density at radius 1 is 1.07 bits per heavy atom. The molecule has 0 bridgehead atoms. The Morgan fingerprint density at radius 3 is 2.59 bits per heavy atom. The van der Waals surface area contributed by atoms with E-state index in [1.807, 2.05) is 66.1 Å². The van der Waals surface area contributed by atoms with E-state index < -0.39 is 0 Å². The highest BCUT2D eigenvalue weighted by Crippen LogP contribution is 2.38. The van der Waals surface area contributed by atoms with Gasteiger partial charge in [0.15, 0.2) is 0 Å². The lowest BCUT2D eigenvalue weighted by molar-refractivity contribution is 0.0530. The highest BCUT2D eigenvalue weighted by Gasteiger charge is 2.28. The van der Waals surface area contributed by atoms with Gasteiger partial charge in [-0.3, -0.25) is 0 Å². The van der Waals surface area contributed by atoms with Crippen LogP contribution in [0.1, 0.15) is 38.1 Å². The number of ether oxygens (including phenoxy) is 1. The van der Waals surface area contributed by atoms with E-state index in [2.05, 4.69) is 32.2 Å². The van der Waals surface area contributed by atoms with E-state index >= 15 is 0 Å². The highest BCUT2D eigenvalue weighted by molar-refractivity contribution is 6.08. The molecular formula is C24H25N3O2. The second-order valence-electron chi connectivity index (χ2n) is 8.04. The minimum Gasteiger partial charge on any atom is -0.462 e. The van der Waals surface area contributed by atoms with Crippen molar-refractivity contribution in [1.82, 2.24) is 9.38 Å². The number of nitrogens with zero attached hydrogens (tertiary/aromatic N) is 2.